The van der Waals surface area contributed by atoms with Crippen LogP contribution in [0.25, 0.3) is 0 Å². The lowest BCUT2D eigenvalue weighted by Gasteiger charge is -2.18. The molecule has 2 aromatic heterocycles. The Bertz CT molecular complexity index is 839. The molecule has 1 aliphatic carbocycles. The summed E-state index contributed by atoms with van der Waals surface area (Å²) in [5.74, 6) is 1.83. The van der Waals surface area contributed by atoms with Crippen LogP contribution in [0.5, 0.6) is 5.88 Å². The minimum atomic E-state index is -0.212. The normalized spacial score (nSPS) is 16.6. The summed E-state index contributed by atoms with van der Waals surface area (Å²) in [5.41, 5.74) is 0.963. The predicted molar refractivity (Wildman–Crippen MR) is 94.1 cm³/mol. The van der Waals surface area contributed by atoms with E-state index >= 15 is 0 Å². The Morgan fingerprint density at radius 3 is 2.93 bits per heavy atom. The summed E-state index contributed by atoms with van der Waals surface area (Å²) in [6.45, 7) is 2.17. The van der Waals surface area contributed by atoms with Crippen molar-refractivity contribution in [1.82, 2.24) is 24.9 Å². The summed E-state index contributed by atoms with van der Waals surface area (Å²) < 4.78 is 12.1. The number of nitrogens with one attached hydrogen (secondary N) is 1. The molecule has 2 aromatic rings. The van der Waals surface area contributed by atoms with Crippen LogP contribution in [0.15, 0.2) is 16.8 Å². The second-order valence-electron chi connectivity index (χ2n) is 7.02. The maximum atomic E-state index is 12.6. The Labute approximate surface area is 156 Å². The van der Waals surface area contributed by atoms with Crippen LogP contribution in [0.3, 0.4) is 0 Å². The lowest BCUT2D eigenvalue weighted by atomic mass is 10.3. The predicted octanol–water partition coefficient (Wildman–Crippen LogP) is 0.994. The van der Waals surface area contributed by atoms with Gasteiger partial charge in [-0.15, -0.1) is 0 Å². The average molecular weight is 373 g/mol. The molecular weight excluding hydrogens is 350 g/mol. The lowest BCUT2D eigenvalue weighted by Crippen LogP contribution is -2.33. The van der Waals surface area contributed by atoms with Crippen LogP contribution >= 0.6 is 0 Å². The number of carbonyl (C=O) groups is 2. The highest BCUT2D eigenvalue weighted by atomic mass is 16.5. The average Bonchev–Trinajstić information content (AvgIpc) is 3.27. The van der Waals surface area contributed by atoms with Crippen molar-refractivity contribution >= 4 is 11.8 Å². The van der Waals surface area contributed by atoms with Crippen molar-refractivity contribution in [1.29, 1.82) is 0 Å². The number of hydrogen-bond donors (Lipinski definition) is 1. The van der Waals surface area contributed by atoms with Gasteiger partial charge in [-0.25, -0.2) is 4.98 Å². The van der Waals surface area contributed by atoms with E-state index in [1.165, 1.54) is 13.2 Å². The molecule has 0 radical (unpaired) electrons. The summed E-state index contributed by atoms with van der Waals surface area (Å²) in [4.78, 5) is 30.7. The van der Waals surface area contributed by atoms with Crippen LogP contribution in [0, 0.1) is 5.92 Å². The topological polar surface area (TPSA) is 102 Å². The molecule has 2 amide bonds. The first kappa shape index (κ1) is 17.6. The number of methoxy groups -OCH3 is 1. The first-order valence-electron chi connectivity index (χ1n) is 9.24. The van der Waals surface area contributed by atoms with E-state index in [0.29, 0.717) is 44.9 Å². The highest BCUT2D eigenvalue weighted by Crippen LogP contribution is 2.32. The van der Waals surface area contributed by atoms with Gasteiger partial charge < -0.3 is 24.0 Å². The Morgan fingerprint density at radius 2 is 2.19 bits per heavy atom. The molecule has 1 N–H and O–H groups in total. The minimum absolute atomic E-state index is 0.0951. The molecule has 3 heterocycles. The maximum absolute atomic E-state index is 12.6. The van der Waals surface area contributed by atoms with Gasteiger partial charge >= 0.3 is 0 Å². The largest absolute Gasteiger partial charge is 0.479 e. The van der Waals surface area contributed by atoms with Gasteiger partial charge in [0.2, 0.25) is 11.7 Å². The smallest absolute Gasteiger partial charge is 0.292 e. The van der Waals surface area contributed by atoms with Gasteiger partial charge in [-0.05, 0) is 23.9 Å². The number of rotatable bonds is 6. The molecule has 2 aliphatic rings. The molecule has 1 aliphatic heterocycles. The number of nitrogens with zero attached hydrogens (tertiary/aromatic N) is 4. The second-order valence-corrected chi connectivity index (χ2v) is 7.02. The number of amides is 2. The number of fused-ring (bicyclic) bond motifs is 1. The Morgan fingerprint density at radius 1 is 1.33 bits per heavy atom. The molecule has 0 saturated heterocycles. The molecule has 0 bridgehead atoms. The summed E-state index contributed by atoms with van der Waals surface area (Å²) in [6, 6.07) is 1.49. The van der Waals surface area contributed by atoms with Gasteiger partial charge in [0.05, 0.1) is 31.6 Å². The molecule has 0 spiro atoms. The van der Waals surface area contributed by atoms with Crippen molar-refractivity contribution in [3.8, 4) is 5.88 Å². The number of imidazole rings is 1. The quantitative estimate of drug-likeness (QED) is 0.810. The van der Waals surface area contributed by atoms with Crippen molar-refractivity contribution < 1.29 is 18.8 Å². The molecule has 9 nitrogen and oxygen atoms in total. The van der Waals surface area contributed by atoms with Crippen LogP contribution in [-0.4, -0.2) is 51.6 Å². The van der Waals surface area contributed by atoms with Crippen molar-refractivity contribution in [3.05, 3.63) is 29.5 Å². The zero-order chi connectivity index (χ0) is 18.8. The number of aromatic nitrogens is 3. The van der Waals surface area contributed by atoms with Gasteiger partial charge in [-0.1, -0.05) is 0 Å². The van der Waals surface area contributed by atoms with Crippen LogP contribution in [0.4, 0.5) is 0 Å². The SMILES string of the molecule is COc1cc(C(=O)N2CCc3ncc(CNC(=O)CC4CC4)n3CC2)on1. The summed E-state index contributed by atoms with van der Waals surface area (Å²) in [5, 5.41) is 6.66. The number of ether oxygens (including phenoxy) is 1. The fourth-order valence-corrected chi connectivity index (χ4v) is 3.30. The Hall–Kier alpha value is -2.84. The summed E-state index contributed by atoms with van der Waals surface area (Å²) in [7, 11) is 1.47. The van der Waals surface area contributed by atoms with Gasteiger partial charge in [0.25, 0.3) is 11.8 Å². The van der Waals surface area contributed by atoms with E-state index in [0.717, 1.165) is 24.4 Å². The highest BCUT2D eigenvalue weighted by molar-refractivity contribution is 5.91. The van der Waals surface area contributed by atoms with Gasteiger partial charge in [0.15, 0.2) is 0 Å². The zero-order valence-electron chi connectivity index (χ0n) is 15.3. The molecule has 27 heavy (non-hydrogen) atoms. The summed E-state index contributed by atoms with van der Waals surface area (Å²) >= 11 is 0. The Balaban J connectivity index is 1.37. The number of hydrogen-bond acceptors (Lipinski definition) is 6. The molecule has 1 saturated carbocycles. The third-order valence-corrected chi connectivity index (χ3v) is 5.05. The van der Waals surface area contributed by atoms with E-state index in [1.54, 1.807) is 4.90 Å². The molecule has 0 aromatic carbocycles. The zero-order valence-corrected chi connectivity index (χ0v) is 15.3. The first-order chi connectivity index (χ1) is 13.1. The molecular formula is C18H23N5O4. The molecule has 0 atom stereocenters. The van der Waals surface area contributed by atoms with Gasteiger partial charge in [-0.3, -0.25) is 9.59 Å². The van der Waals surface area contributed by atoms with Gasteiger partial charge in [0.1, 0.15) is 5.82 Å². The van der Waals surface area contributed by atoms with Crippen molar-refractivity contribution in [3.63, 3.8) is 0 Å². The van der Waals surface area contributed by atoms with E-state index in [9.17, 15) is 9.59 Å². The minimum Gasteiger partial charge on any atom is -0.479 e. The van der Waals surface area contributed by atoms with Gasteiger partial charge in [-0.2, -0.15) is 0 Å². The van der Waals surface area contributed by atoms with E-state index in [4.69, 9.17) is 9.26 Å². The van der Waals surface area contributed by atoms with E-state index in [1.807, 2.05) is 6.20 Å². The van der Waals surface area contributed by atoms with Crippen LogP contribution in [-0.2, 0) is 24.3 Å². The molecule has 1 fully saturated rings. The van der Waals surface area contributed by atoms with Crippen molar-refractivity contribution in [2.24, 2.45) is 5.92 Å². The standard InChI is InChI=1S/C18H23N5O4/c1-26-17-9-14(27-21-17)18(25)22-5-4-15-19-10-13(23(15)7-6-22)11-20-16(24)8-12-2-3-12/h9-10,12H,2-8,11H2,1H3,(H,20,24). The number of carbonyl (C=O) groups excluding carboxylic acids is 2. The molecule has 9 heteroatoms. The van der Waals surface area contributed by atoms with Crippen LogP contribution in [0.2, 0.25) is 0 Å². The molecule has 0 unspecified atom stereocenters. The van der Waals surface area contributed by atoms with E-state index < -0.39 is 0 Å². The van der Waals surface area contributed by atoms with Crippen molar-refractivity contribution in [2.75, 3.05) is 20.2 Å². The third-order valence-electron chi connectivity index (χ3n) is 5.05. The second kappa shape index (κ2) is 7.42. The fourth-order valence-electron chi connectivity index (χ4n) is 3.30. The summed E-state index contributed by atoms with van der Waals surface area (Å²) in [6.07, 6.45) is 5.40. The Kier molecular flexibility index (Phi) is 4.83. The van der Waals surface area contributed by atoms with Crippen molar-refractivity contribution in [2.45, 2.75) is 38.8 Å². The van der Waals surface area contributed by atoms with Crippen LogP contribution < -0.4 is 10.1 Å². The van der Waals surface area contributed by atoms with E-state index in [2.05, 4.69) is 20.0 Å². The van der Waals surface area contributed by atoms with Gasteiger partial charge in [0, 0.05) is 32.5 Å². The fraction of sp³-hybridized carbons (Fsp3) is 0.556. The third kappa shape index (κ3) is 3.96. The van der Waals surface area contributed by atoms with E-state index in [-0.39, 0.29) is 23.5 Å². The maximum Gasteiger partial charge on any atom is 0.292 e. The van der Waals surface area contributed by atoms with Crippen LogP contribution in [0.1, 0.15) is 41.3 Å². The first-order valence-corrected chi connectivity index (χ1v) is 9.24. The lowest BCUT2D eigenvalue weighted by molar-refractivity contribution is -0.121. The molecule has 144 valence electrons. The molecule has 4 rings (SSSR count). The monoisotopic (exact) mass is 373 g/mol. The highest BCUT2D eigenvalue weighted by Gasteiger charge is 2.26.